The second-order valence-corrected chi connectivity index (χ2v) is 5.05. The minimum absolute atomic E-state index is 0.293. The topological polar surface area (TPSA) is 61.8 Å². The number of nitrogens with zero attached hydrogens (tertiary/aromatic N) is 1. The predicted octanol–water partition coefficient (Wildman–Crippen LogP) is 4.44. The minimum atomic E-state index is -0.429. The van der Waals surface area contributed by atoms with Crippen LogP contribution in [0.2, 0.25) is 5.02 Å². The van der Waals surface area contributed by atoms with Gasteiger partial charge in [-0.3, -0.25) is 0 Å². The molecule has 0 radical (unpaired) electrons. The zero-order chi connectivity index (χ0) is 14.0. The Bertz CT molecular complexity index is 682. The first-order valence-corrected chi connectivity index (χ1v) is 6.39. The van der Waals surface area contributed by atoms with Crippen molar-refractivity contribution in [2.75, 3.05) is 11.1 Å². The van der Waals surface area contributed by atoms with Gasteiger partial charge in [-0.15, -0.1) is 0 Å². The predicted molar refractivity (Wildman–Crippen MR) is 78.0 cm³/mol. The molecule has 0 atom stereocenters. The summed E-state index contributed by atoms with van der Waals surface area (Å²) >= 11 is 9.08. The van der Waals surface area contributed by atoms with Crippen LogP contribution >= 0.6 is 27.5 Å². The Morgan fingerprint density at radius 3 is 2.63 bits per heavy atom. The Hall–Kier alpha value is -1.77. The molecule has 2 aromatic carbocycles. The molecule has 6 heteroatoms. The highest BCUT2D eigenvalue weighted by atomic mass is 79.9. The van der Waals surface area contributed by atoms with Crippen LogP contribution in [-0.4, -0.2) is 0 Å². The van der Waals surface area contributed by atoms with Gasteiger partial charge in [0, 0.05) is 6.07 Å². The van der Waals surface area contributed by atoms with Gasteiger partial charge in [0.05, 0.1) is 38.2 Å². The molecule has 3 nitrogen and oxygen atoms in total. The van der Waals surface area contributed by atoms with Gasteiger partial charge in [-0.25, -0.2) is 4.39 Å². The van der Waals surface area contributed by atoms with Crippen molar-refractivity contribution in [1.82, 2.24) is 0 Å². The van der Waals surface area contributed by atoms with Crippen LogP contribution in [0.5, 0.6) is 0 Å². The van der Waals surface area contributed by atoms with Crippen LogP contribution in [0.3, 0.4) is 0 Å². The molecule has 0 amide bonds. The third-order valence-electron chi connectivity index (χ3n) is 2.46. The molecule has 0 saturated heterocycles. The van der Waals surface area contributed by atoms with Gasteiger partial charge >= 0.3 is 0 Å². The van der Waals surface area contributed by atoms with Gasteiger partial charge < -0.3 is 11.1 Å². The van der Waals surface area contributed by atoms with Crippen molar-refractivity contribution in [3.63, 3.8) is 0 Å². The summed E-state index contributed by atoms with van der Waals surface area (Å²) in [6, 6.07) is 9.50. The molecule has 2 rings (SSSR count). The Kier molecular flexibility index (Phi) is 3.93. The number of nitrogens with one attached hydrogen (secondary N) is 1. The number of benzene rings is 2. The molecule has 0 aromatic heterocycles. The molecule has 0 saturated carbocycles. The van der Waals surface area contributed by atoms with E-state index < -0.39 is 5.82 Å². The number of hydrogen-bond donors (Lipinski definition) is 2. The maximum atomic E-state index is 13.5. The van der Waals surface area contributed by atoms with E-state index in [9.17, 15) is 4.39 Å². The van der Waals surface area contributed by atoms with Crippen LogP contribution in [0.1, 0.15) is 5.56 Å². The van der Waals surface area contributed by atoms with Crippen LogP contribution in [-0.2, 0) is 0 Å². The fourth-order valence-electron chi connectivity index (χ4n) is 1.50. The van der Waals surface area contributed by atoms with Gasteiger partial charge in [-0.2, -0.15) is 5.26 Å². The van der Waals surface area contributed by atoms with Crippen LogP contribution in [0.4, 0.5) is 21.5 Å². The maximum absolute atomic E-state index is 13.5. The fourth-order valence-corrected chi connectivity index (χ4v) is 2.09. The molecule has 0 spiro atoms. The van der Waals surface area contributed by atoms with E-state index in [0.29, 0.717) is 32.1 Å². The van der Waals surface area contributed by atoms with E-state index in [1.165, 1.54) is 18.2 Å². The van der Waals surface area contributed by atoms with E-state index in [-0.39, 0.29) is 0 Å². The third-order valence-corrected chi connectivity index (χ3v) is 3.38. The van der Waals surface area contributed by atoms with Crippen LogP contribution < -0.4 is 11.1 Å². The first kappa shape index (κ1) is 13.7. The smallest absolute Gasteiger partial charge is 0.139 e. The number of rotatable bonds is 2. The lowest BCUT2D eigenvalue weighted by molar-refractivity contribution is 0.622. The fraction of sp³-hybridized carbons (Fsp3) is 0. The molecule has 2 aromatic rings. The molecule has 0 bridgehead atoms. The van der Waals surface area contributed by atoms with Crippen molar-refractivity contribution in [3.05, 3.63) is 51.2 Å². The Labute approximate surface area is 122 Å². The number of anilines is 3. The Morgan fingerprint density at radius 2 is 2.00 bits per heavy atom. The van der Waals surface area contributed by atoms with E-state index in [1.54, 1.807) is 12.1 Å². The maximum Gasteiger partial charge on any atom is 0.139 e. The SMILES string of the molecule is N#Cc1ccc(Nc2cc(F)c(Br)cc2N)c(Cl)c1. The Balaban J connectivity index is 2.37. The summed E-state index contributed by atoms with van der Waals surface area (Å²) in [5, 5.41) is 12.0. The van der Waals surface area contributed by atoms with Gasteiger partial charge in [-0.1, -0.05) is 11.6 Å². The number of nitrogens with two attached hydrogens (primary N) is 1. The molecule has 0 heterocycles. The van der Waals surface area contributed by atoms with E-state index in [4.69, 9.17) is 22.6 Å². The molecule has 0 aliphatic rings. The van der Waals surface area contributed by atoms with Gasteiger partial charge in [0.1, 0.15) is 5.82 Å². The van der Waals surface area contributed by atoms with Gasteiger partial charge in [0.2, 0.25) is 0 Å². The highest BCUT2D eigenvalue weighted by Crippen LogP contribution is 2.32. The van der Waals surface area contributed by atoms with Crippen LogP contribution in [0.15, 0.2) is 34.8 Å². The standard InChI is InChI=1S/C13H8BrClFN3/c14-8-4-11(18)13(5-10(8)16)19-12-2-1-7(6-17)3-9(12)15/h1-5,19H,18H2. The number of halogens is 3. The normalized spacial score (nSPS) is 10.0. The summed E-state index contributed by atoms with van der Waals surface area (Å²) in [5.74, 6) is -0.429. The highest BCUT2D eigenvalue weighted by Gasteiger charge is 2.08. The molecule has 0 aliphatic carbocycles. The lowest BCUT2D eigenvalue weighted by Gasteiger charge is -2.11. The first-order chi connectivity index (χ1) is 9.01. The molecule has 19 heavy (non-hydrogen) atoms. The Morgan fingerprint density at radius 1 is 1.26 bits per heavy atom. The summed E-state index contributed by atoms with van der Waals surface area (Å²) in [4.78, 5) is 0. The number of nitriles is 1. The molecule has 0 aliphatic heterocycles. The molecular formula is C13H8BrClFN3. The minimum Gasteiger partial charge on any atom is -0.397 e. The van der Waals surface area contributed by atoms with Crippen LogP contribution in [0.25, 0.3) is 0 Å². The van der Waals surface area contributed by atoms with Crippen molar-refractivity contribution >= 4 is 44.6 Å². The number of hydrogen-bond acceptors (Lipinski definition) is 3. The van der Waals surface area contributed by atoms with Crippen molar-refractivity contribution in [1.29, 1.82) is 5.26 Å². The summed E-state index contributed by atoms with van der Waals surface area (Å²) in [5.41, 5.74) is 7.58. The van der Waals surface area contributed by atoms with Crippen molar-refractivity contribution < 1.29 is 4.39 Å². The largest absolute Gasteiger partial charge is 0.397 e. The average Bonchev–Trinajstić information content (AvgIpc) is 2.38. The number of nitrogen functional groups attached to an aromatic ring is 1. The van der Waals surface area contributed by atoms with E-state index >= 15 is 0 Å². The average molecular weight is 341 g/mol. The lowest BCUT2D eigenvalue weighted by Crippen LogP contribution is -1.98. The molecule has 0 fully saturated rings. The summed E-state index contributed by atoms with van der Waals surface area (Å²) in [7, 11) is 0. The summed E-state index contributed by atoms with van der Waals surface area (Å²) in [6.07, 6.45) is 0. The zero-order valence-corrected chi connectivity index (χ0v) is 11.9. The monoisotopic (exact) mass is 339 g/mol. The van der Waals surface area contributed by atoms with E-state index in [2.05, 4.69) is 21.2 Å². The molecule has 0 unspecified atom stereocenters. The molecule has 96 valence electrons. The lowest BCUT2D eigenvalue weighted by atomic mass is 10.2. The van der Waals surface area contributed by atoms with Gasteiger partial charge in [-0.05, 0) is 40.2 Å². The van der Waals surface area contributed by atoms with E-state index in [0.717, 1.165) is 0 Å². The van der Waals surface area contributed by atoms with Gasteiger partial charge in [0.25, 0.3) is 0 Å². The quantitative estimate of drug-likeness (QED) is 0.795. The van der Waals surface area contributed by atoms with E-state index in [1.807, 2.05) is 6.07 Å². The zero-order valence-electron chi connectivity index (χ0n) is 9.55. The van der Waals surface area contributed by atoms with Crippen molar-refractivity contribution in [2.24, 2.45) is 0 Å². The second kappa shape index (κ2) is 5.47. The summed E-state index contributed by atoms with van der Waals surface area (Å²) < 4.78 is 13.8. The highest BCUT2D eigenvalue weighted by molar-refractivity contribution is 9.10. The first-order valence-electron chi connectivity index (χ1n) is 5.22. The second-order valence-electron chi connectivity index (χ2n) is 3.78. The van der Waals surface area contributed by atoms with Crippen molar-refractivity contribution in [3.8, 4) is 6.07 Å². The van der Waals surface area contributed by atoms with Crippen LogP contribution in [0, 0.1) is 17.1 Å². The summed E-state index contributed by atoms with van der Waals surface area (Å²) in [6.45, 7) is 0. The van der Waals surface area contributed by atoms with Gasteiger partial charge in [0.15, 0.2) is 0 Å². The molecular weight excluding hydrogens is 333 g/mol. The molecule has 3 N–H and O–H groups in total. The third kappa shape index (κ3) is 2.98. The van der Waals surface area contributed by atoms with Crippen molar-refractivity contribution in [2.45, 2.75) is 0 Å².